The van der Waals surface area contributed by atoms with Crippen molar-refractivity contribution in [3.05, 3.63) is 12.3 Å². The summed E-state index contributed by atoms with van der Waals surface area (Å²) in [4.78, 5) is 13.2. The number of hydrogen-bond acceptors (Lipinski definition) is 1. The number of likely N-dealkylation sites (tertiary alicyclic amines) is 1. The summed E-state index contributed by atoms with van der Waals surface area (Å²) in [5.74, 6) is 0.741. The van der Waals surface area contributed by atoms with Crippen LogP contribution >= 0.6 is 0 Å². The molecule has 1 aliphatic rings. The molecule has 0 aromatic carbocycles. The lowest BCUT2D eigenvalue weighted by atomic mass is 10.1. The first-order valence-electron chi connectivity index (χ1n) is 5.54. The molecule has 1 amide bonds. The highest BCUT2D eigenvalue weighted by molar-refractivity contribution is 5.81. The van der Waals surface area contributed by atoms with E-state index in [1.807, 2.05) is 18.7 Å². The number of amides is 1. The summed E-state index contributed by atoms with van der Waals surface area (Å²) < 4.78 is 0. The zero-order valence-electron chi connectivity index (χ0n) is 10.1. The van der Waals surface area contributed by atoms with E-state index in [1.165, 1.54) is 0 Å². The molecule has 0 aromatic rings. The minimum atomic E-state index is 0.237. The van der Waals surface area contributed by atoms with E-state index in [0.29, 0.717) is 18.4 Å². The molecule has 0 aliphatic carbocycles. The second-order valence-electron chi connectivity index (χ2n) is 3.81. The zero-order chi connectivity index (χ0) is 11.3. The maximum Gasteiger partial charge on any atom is 0.227 e. The smallest absolute Gasteiger partial charge is 0.227 e. The number of nitrogens with zero attached hydrogens (tertiary/aromatic N) is 1. The molecule has 1 rings (SSSR count). The molecule has 1 aliphatic heterocycles. The van der Waals surface area contributed by atoms with Crippen LogP contribution < -0.4 is 0 Å². The number of hydrogen-bond donors (Lipinski definition) is 0. The quantitative estimate of drug-likeness (QED) is 0.665. The van der Waals surface area contributed by atoms with E-state index in [4.69, 9.17) is 0 Å². The van der Waals surface area contributed by atoms with Gasteiger partial charge in [0.2, 0.25) is 5.91 Å². The average Bonchev–Trinajstić information content (AvgIpc) is 2.48. The molecule has 0 spiro atoms. The van der Waals surface area contributed by atoms with Gasteiger partial charge in [-0.3, -0.25) is 4.79 Å². The summed E-state index contributed by atoms with van der Waals surface area (Å²) in [6.45, 7) is 14.2. The largest absolute Gasteiger partial charge is 0.314 e. The van der Waals surface area contributed by atoms with Gasteiger partial charge >= 0.3 is 0 Å². The highest BCUT2D eigenvalue weighted by Crippen LogP contribution is 2.25. The van der Waals surface area contributed by atoms with Crippen LogP contribution in [0.25, 0.3) is 0 Å². The first-order valence-corrected chi connectivity index (χ1v) is 5.54. The molecule has 1 fully saturated rings. The molecule has 1 saturated heterocycles. The summed E-state index contributed by atoms with van der Waals surface area (Å²) in [5.41, 5.74) is 0.987. The molecule has 2 nitrogen and oxygen atoms in total. The van der Waals surface area contributed by atoms with Crippen LogP contribution in [0.5, 0.6) is 0 Å². The first-order chi connectivity index (χ1) is 6.54. The maximum absolute atomic E-state index is 11.4. The summed E-state index contributed by atoms with van der Waals surface area (Å²) in [6, 6.07) is 0.299. The molecular weight excluding hydrogens is 174 g/mol. The van der Waals surface area contributed by atoms with Crippen molar-refractivity contribution in [1.82, 2.24) is 4.90 Å². The van der Waals surface area contributed by atoms with Gasteiger partial charge in [0.25, 0.3) is 0 Å². The van der Waals surface area contributed by atoms with Gasteiger partial charge in [-0.1, -0.05) is 34.3 Å². The third-order valence-corrected chi connectivity index (χ3v) is 2.61. The minimum Gasteiger partial charge on any atom is -0.314 e. The Labute approximate surface area is 88.0 Å². The molecule has 1 unspecified atom stereocenters. The molecule has 0 saturated carbocycles. The molecule has 14 heavy (non-hydrogen) atoms. The molecule has 82 valence electrons. The highest BCUT2D eigenvalue weighted by Gasteiger charge is 2.29. The predicted molar refractivity (Wildman–Crippen MR) is 60.9 cm³/mol. The van der Waals surface area contributed by atoms with Gasteiger partial charge in [0, 0.05) is 18.2 Å². The van der Waals surface area contributed by atoms with Crippen LogP contribution in [0.15, 0.2) is 12.3 Å². The van der Waals surface area contributed by atoms with Crippen LogP contribution in [0.1, 0.15) is 47.5 Å². The van der Waals surface area contributed by atoms with E-state index in [-0.39, 0.29) is 5.91 Å². The Kier molecular flexibility index (Phi) is 5.51. The molecule has 1 heterocycles. The number of carbonyl (C=O) groups is 1. The minimum absolute atomic E-state index is 0.237. The average molecular weight is 197 g/mol. The lowest BCUT2D eigenvalue weighted by Gasteiger charge is -2.28. The van der Waals surface area contributed by atoms with E-state index >= 15 is 0 Å². The van der Waals surface area contributed by atoms with Crippen molar-refractivity contribution >= 4 is 5.91 Å². The Morgan fingerprint density at radius 2 is 1.71 bits per heavy atom. The SMILES string of the molecule is C=C1CCC(=O)N1C(C)C(C)C.CC. The Morgan fingerprint density at radius 3 is 2.00 bits per heavy atom. The third-order valence-electron chi connectivity index (χ3n) is 2.61. The van der Waals surface area contributed by atoms with Crippen LogP contribution in [0.3, 0.4) is 0 Å². The van der Waals surface area contributed by atoms with Crippen LogP contribution in [0.2, 0.25) is 0 Å². The normalized spacial score (nSPS) is 18.3. The van der Waals surface area contributed by atoms with Crippen molar-refractivity contribution in [2.24, 2.45) is 5.92 Å². The molecule has 0 bridgehead atoms. The van der Waals surface area contributed by atoms with Crippen molar-refractivity contribution in [1.29, 1.82) is 0 Å². The van der Waals surface area contributed by atoms with Gasteiger partial charge in [0.15, 0.2) is 0 Å². The highest BCUT2D eigenvalue weighted by atomic mass is 16.2. The lowest BCUT2D eigenvalue weighted by molar-refractivity contribution is -0.128. The van der Waals surface area contributed by atoms with Crippen LogP contribution in [0, 0.1) is 5.92 Å². The summed E-state index contributed by atoms with van der Waals surface area (Å²) in [7, 11) is 0. The predicted octanol–water partition coefficient (Wildman–Crippen LogP) is 3.19. The topological polar surface area (TPSA) is 20.3 Å². The third kappa shape index (κ3) is 2.86. The van der Waals surface area contributed by atoms with E-state index < -0.39 is 0 Å². The Morgan fingerprint density at radius 1 is 1.21 bits per heavy atom. The number of carbonyl (C=O) groups excluding carboxylic acids is 1. The first kappa shape index (κ1) is 13.2. The van der Waals surface area contributed by atoms with E-state index in [0.717, 1.165) is 12.1 Å². The van der Waals surface area contributed by atoms with Gasteiger partial charge in [-0.25, -0.2) is 0 Å². The fraction of sp³-hybridized carbons (Fsp3) is 0.750. The van der Waals surface area contributed by atoms with E-state index in [9.17, 15) is 4.79 Å². The van der Waals surface area contributed by atoms with Crippen molar-refractivity contribution in [2.45, 2.75) is 53.5 Å². The molecule has 0 aromatic heterocycles. The molecule has 0 N–H and O–H groups in total. The van der Waals surface area contributed by atoms with Gasteiger partial charge in [0.05, 0.1) is 0 Å². The monoisotopic (exact) mass is 197 g/mol. The van der Waals surface area contributed by atoms with Crippen LogP contribution in [0.4, 0.5) is 0 Å². The van der Waals surface area contributed by atoms with E-state index in [2.05, 4.69) is 27.4 Å². The summed E-state index contributed by atoms with van der Waals surface area (Å²) in [5, 5.41) is 0. The fourth-order valence-corrected chi connectivity index (χ4v) is 1.48. The standard InChI is InChI=1S/C10H17NO.C2H6/c1-7(2)9(4)11-8(3)5-6-10(11)12;1-2/h7,9H,3,5-6H2,1-2,4H3;1-2H3. The molecule has 2 heteroatoms. The lowest BCUT2D eigenvalue weighted by Crippen LogP contribution is -2.36. The number of allylic oxidation sites excluding steroid dienone is 1. The molecule has 0 radical (unpaired) electrons. The second-order valence-corrected chi connectivity index (χ2v) is 3.81. The van der Waals surface area contributed by atoms with E-state index in [1.54, 1.807) is 0 Å². The van der Waals surface area contributed by atoms with Gasteiger partial charge in [-0.05, 0) is 19.3 Å². The molecule has 1 atom stereocenters. The van der Waals surface area contributed by atoms with Gasteiger partial charge in [-0.15, -0.1) is 0 Å². The van der Waals surface area contributed by atoms with Gasteiger partial charge < -0.3 is 4.90 Å². The summed E-state index contributed by atoms with van der Waals surface area (Å²) >= 11 is 0. The van der Waals surface area contributed by atoms with Crippen molar-refractivity contribution < 1.29 is 4.79 Å². The van der Waals surface area contributed by atoms with Crippen molar-refractivity contribution in [2.75, 3.05) is 0 Å². The van der Waals surface area contributed by atoms with Crippen molar-refractivity contribution in [3.8, 4) is 0 Å². The maximum atomic E-state index is 11.4. The zero-order valence-corrected chi connectivity index (χ0v) is 10.1. The van der Waals surface area contributed by atoms with Crippen LogP contribution in [-0.4, -0.2) is 16.8 Å². The fourth-order valence-electron chi connectivity index (χ4n) is 1.48. The van der Waals surface area contributed by atoms with Crippen molar-refractivity contribution in [3.63, 3.8) is 0 Å². The Bertz CT molecular complexity index is 192. The Balaban J connectivity index is 0.000000791. The van der Waals surface area contributed by atoms with Gasteiger partial charge in [0.1, 0.15) is 0 Å². The second kappa shape index (κ2) is 5.84. The Hall–Kier alpha value is -0.790. The summed E-state index contributed by atoms with van der Waals surface area (Å²) in [6.07, 6.45) is 1.49. The van der Waals surface area contributed by atoms with Gasteiger partial charge in [-0.2, -0.15) is 0 Å². The number of rotatable bonds is 2. The van der Waals surface area contributed by atoms with Crippen LogP contribution in [-0.2, 0) is 4.79 Å². The molecular formula is C12H23NO.